The molecular weight excluding hydrogens is 408 g/mol. The predicted molar refractivity (Wildman–Crippen MR) is 117 cm³/mol. The van der Waals surface area contributed by atoms with E-state index in [1.807, 2.05) is 38.1 Å². The molecule has 2 heterocycles. The van der Waals surface area contributed by atoms with Gasteiger partial charge in [0.1, 0.15) is 11.3 Å². The number of aromatic nitrogens is 2. The molecule has 1 aromatic carbocycles. The lowest BCUT2D eigenvalue weighted by molar-refractivity contribution is -0.121. The molecule has 3 rings (SSSR count). The van der Waals surface area contributed by atoms with Crippen LogP contribution in [0.15, 0.2) is 61.1 Å². The molecule has 0 aliphatic heterocycles. The Morgan fingerprint density at radius 1 is 1.09 bits per heavy atom. The van der Waals surface area contributed by atoms with Crippen molar-refractivity contribution in [2.45, 2.75) is 20.3 Å². The minimum Gasteiger partial charge on any atom is -0.452 e. The summed E-state index contributed by atoms with van der Waals surface area (Å²) >= 11 is 0. The molecule has 0 atom stereocenters. The number of hydrogen-bond donors (Lipinski definition) is 0. The van der Waals surface area contributed by atoms with Gasteiger partial charge >= 0.3 is 5.97 Å². The van der Waals surface area contributed by atoms with Crippen LogP contribution < -0.4 is 9.64 Å². The molecular formula is C24H22N4O4. The number of nitriles is 1. The van der Waals surface area contributed by atoms with Crippen molar-refractivity contribution < 1.29 is 19.1 Å². The fourth-order valence-corrected chi connectivity index (χ4v) is 3.10. The third-order valence-corrected chi connectivity index (χ3v) is 4.43. The Morgan fingerprint density at radius 3 is 2.53 bits per heavy atom. The van der Waals surface area contributed by atoms with E-state index in [2.05, 4.69) is 9.97 Å². The van der Waals surface area contributed by atoms with Crippen LogP contribution in [0.1, 0.15) is 27.9 Å². The van der Waals surface area contributed by atoms with Crippen LogP contribution in [0.25, 0.3) is 0 Å². The van der Waals surface area contributed by atoms with Gasteiger partial charge in [-0.25, -0.2) is 9.78 Å². The van der Waals surface area contributed by atoms with Crippen LogP contribution in [0.2, 0.25) is 0 Å². The molecule has 162 valence electrons. The van der Waals surface area contributed by atoms with E-state index < -0.39 is 18.5 Å². The summed E-state index contributed by atoms with van der Waals surface area (Å²) in [6.07, 6.45) is 4.72. The van der Waals surface area contributed by atoms with Crippen LogP contribution in [0.4, 0.5) is 5.69 Å². The number of pyridine rings is 2. The first-order valence-corrected chi connectivity index (χ1v) is 9.93. The van der Waals surface area contributed by atoms with Gasteiger partial charge < -0.3 is 14.4 Å². The molecule has 0 N–H and O–H groups in total. The van der Waals surface area contributed by atoms with Gasteiger partial charge in [0.2, 0.25) is 5.88 Å². The Labute approximate surface area is 186 Å². The SMILES string of the molecule is Cc1cc(C)cc(N(CCC#N)C(=O)COC(=O)c2cccnc2Oc2cccnc2)c1. The Kier molecular flexibility index (Phi) is 7.49. The molecule has 0 aliphatic carbocycles. The fourth-order valence-electron chi connectivity index (χ4n) is 3.10. The average molecular weight is 430 g/mol. The molecule has 0 unspecified atom stereocenters. The lowest BCUT2D eigenvalue weighted by Crippen LogP contribution is -2.35. The van der Waals surface area contributed by atoms with Crippen LogP contribution in [-0.4, -0.2) is 35.0 Å². The number of aryl methyl sites for hydroxylation is 2. The molecule has 0 aliphatic rings. The van der Waals surface area contributed by atoms with Crippen LogP contribution >= 0.6 is 0 Å². The molecule has 8 heteroatoms. The number of hydrogen-bond acceptors (Lipinski definition) is 7. The van der Waals surface area contributed by atoms with Gasteiger partial charge in [-0.05, 0) is 61.4 Å². The lowest BCUT2D eigenvalue weighted by Gasteiger charge is -2.22. The molecule has 0 saturated carbocycles. The second-order valence-electron chi connectivity index (χ2n) is 7.02. The summed E-state index contributed by atoms with van der Waals surface area (Å²) in [6, 6.07) is 14.2. The molecule has 0 saturated heterocycles. The fraction of sp³-hybridized carbons (Fsp3) is 0.208. The van der Waals surface area contributed by atoms with Gasteiger partial charge in [-0.1, -0.05) is 6.07 Å². The molecule has 1 amide bonds. The molecule has 2 aromatic heterocycles. The summed E-state index contributed by atoms with van der Waals surface area (Å²) in [5.74, 6) is -0.717. The second kappa shape index (κ2) is 10.7. The van der Waals surface area contributed by atoms with Crippen LogP contribution in [0.3, 0.4) is 0 Å². The maximum atomic E-state index is 12.9. The van der Waals surface area contributed by atoms with Crippen molar-refractivity contribution in [3.05, 3.63) is 77.7 Å². The number of esters is 1. The highest BCUT2D eigenvalue weighted by atomic mass is 16.5. The van der Waals surface area contributed by atoms with Crippen molar-refractivity contribution in [3.8, 4) is 17.7 Å². The Balaban J connectivity index is 1.73. The van der Waals surface area contributed by atoms with Crippen LogP contribution in [0, 0.1) is 25.2 Å². The molecule has 8 nitrogen and oxygen atoms in total. The van der Waals surface area contributed by atoms with Gasteiger partial charge in [0.15, 0.2) is 6.61 Å². The zero-order valence-electron chi connectivity index (χ0n) is 17.8. The van der Waals surface area contributed by atoms with Crippen LogP contribution in [-0.2, 0) is 9.53 Å². The number of nitrogens with zero attached hydrogens (tertiary/aromatic N) is 4. The molecule has 0 bridgehead atoms. The summed E-state index contributed by atoms with van der Waals surface area (Å²) in [6.45, 7) is 3.56. The summed E-state index contributed by atoms with van der Waals surface area (Å²) in [5, 5.41) is 8.97. The van der Waals surface area contributed by atoms with E-state index in [4.69, 9.17) is 14.7 Å². The number of carbonyl (C=O) groups is 2. The van der Waals surface area contributed by atoms with Gasteiger partial charge in [-0.3, -0.25) is 9.78 Å². The third-order valence-electron chi connectivity index (χ3n) is 4.43. The van der Waals surface area contributed by atoms with E-state index in [0.717, 1.165) is 11.1 Å². The van der Waals surface area contributed by atoms with E-state index >= 15 is 0 Å². The zero-order chi connectivity index (χ0) is 22.9. The Morgan fingerprint density at radius 2 is 1.84 bits per heavy atom. The summed E-state index contributed by atoms with van der Waals surface area (Å²) in [7, 11) is 0. The van der Waals surface area contributed by atoms with E-state index in [9.17, 15) is 9.59 Å². The predicted octanol–water partition coefficient (Wildman–Crippen LogP) is 3.99. The molecule has 0 fully saturated rings. The first kappa shape index (κ1) is 22.4. The highest BCUT2D eigenvalue weighted by Gasteiger charge is 2.21. The van der Waals surface area contributed by atoms with Gasteiger partial charge in [-0.15, -0.1) is 0 Å². The average Bonchev–Trinajstić information content (AvgIpc) is 2.78. The van der Waals surface area contributed by atoms with Gasteiger partial charge in [0, 0.05) is 24.6 Å². The van der Waals surface area contributed by atoms with E-state index in [-0.39, 0.29) is 24.4 Å². The molecule has 0 spiro atoms. The first-order chi connectivity index (χ1) is 15.5. The number of rotatable bonds is 8. The lowest BCUT2D eigenvalue weighted by atomic mass is 10.1. The summed E-state index contributed by atoms with van der Waals surface area (Å²) in [5.41, 5.74) is 2.71. The van der Waals surface area contributed by atoms with Crippen molar-refractivity contribution in [3.63, 3.8) is 0 Å². The number of benzene rings is 1. The van der Waals surface area contributed by atoms with Crippen molar-refractivity contribution in [1.29, 1.82) is 5.26 Å². The van der Waals surface area contributed by atoms with Crippen molar-refractivity contribution in [2.24, 2.45) is 0 Å². The maximum absolute atomic E-state index is 12.9. The zero-order valence-corrected chi connectivity index (χ0v) is 17.8. The van der Waals surface area contributed by atoms with E-state index in [1.165, 1.54) is 23.4 Å². The third kappa shape index (κ3) is 5.89. The molecule has 0 radical (unpaired) electrons. The van der Waals surface area contributed by atoms with Gasteiger partial charge in [0.05, 0.1) is 18.7 Å². The topological polar surface area (TPSA) is 105 Å². The maximum Gasteiger partial charge on any atom is 0.344 e. The summed E-state index contributed by atoms with van der Waals surface area (Å²) in [4.78, 5) is 35.0. The Hall–Kier alpha value is -4.25. The van der Waals surface area contributed by atoms with Gasteiger partial charge in [0.25, 0.3) is 5.91 Å². The number of amides is 1. The van der Waals surface area contributed by atoms with Crippen LogP contribution in [0.5, 0.6) is 11.6 Å². The summed E-state index contributed by atoms with van der Waals surface area (Å²) < 4.78 is 10.9. The normalized spacial score (nSPS) is 10.2. The largest absolute Gasteiger partial charge is 0.452 e. The minimum absolute atomic E-state index is 0.0496. The van der Waals surface area contributed by atoms with Crippen molar-refractivity contribution >= 4 is 17.6 Å². The van der Waals surface area contributed by atoms with Crippen molar-refractivity contribution in [1.82, 2.24) is 9.97 Å². The van der Waals surface area contributed by atoms with Crippen molar-refractivity contribution in [2.75, 3.05) is 18.1 Å². The number of carbonyl (C=O) groups excluding carboxylic acids is 2. The van der Waals surface area contributed by atoms with E-state index in [1.54, 1.807) is 24.4 Å². The van der Waals surface area contributed by atoms with E-state index in [0.29, 0.717) is 11.4 Å². The second-order valence-corrected chi connectivity index (χ2v) is 7.02. The smallest absolute Gasteiger partial charge is 0.344 e. The van der Waals surface area contributed by atoms with Gasteiger partial charge in [-0.2, -0.15) is 5.26 Å². The highest BCUT2D eigenvalue weighted by Crippen LogP contribution is 2.23. The standard InChI is InChI=1S/C24H22N4O4/c1-17-12-18(2)14-19(13-17)28(11-5-8-25)22(29)16-31-24(30)21-7-4-10-27-23(21)32-20-6-3-9-26-15-20/h3-4,6-7,9-10,12-15H,5,11,16H2,1-2H3. The Bertz CT molecular complexity index is 1120. The monoisotopic (exact) mass is 430 g/mol. The highest BCUT2D eigenvalue weighted by molar-refractivity contribution is 5.98. The minimum atomic E-state index is -0.744. The molecule has 32 heavy (non-hydrogen) atoms. The number of ether oxygens (including phenoxy) is 2. The number of anilines is 1. The quantitative estimate of drug-likeness (QED) is 0.498. The first-order valence-electron chi connectivity index (χ1n) is 9.93. The molecule has 3 aromatic rings.